The van der Waals surface area contributed by atoms with Crippen LogP contribution in [0.25, 0.3) is 22.6 Å². The first-order valence-corrected chi connectivity index (χ1v) is 12.7. The van der Waals surface area contributed by atoms with Crippen molar-refractivity contribution in [2.45, 2.75) is 65.5 Å². The molecule has 4 aromatic rings. The van der Waals surface area contributed by atoms with Crippen molar-refractivity contribution >= 4 is 0 Å². The third-order valence-corrected chi connectivity index (χ3v) is 7.41. The highest BCUT2D eigenvalue weighted by Crippen LogP contribution is 2.45. The lowest BCUT2D eigenvalue weighted by molar-refractivity contribution is 0.0882. The van der Waals surface area contributed by atoms with Crippen LogP contribution in [0, 0.1) is 11.8 Å². The zero-order valence-corrected chi connectivity index (χ0v) is 20.7. The first-order chi connectivity index (χ1) is 17.1. The summed E-state index contributed by atoms with van der Waals surface area (Å²) in [5, 5.41) is 14.4. The van der Waals surface area contributed by atoms with Crippen LogP contribution in [0.1, 0.15) is 63.8 Å². The number of benzene rings is 1. The number of hydrogen-bond acceptors (Lipinski definition) is 5. The topological polar surface area (TPSA) is 94.3 Å². The number of nitrogens with zero attached hydrogens (tertiary/aromatic N) is 6. The second-order valence-corrected chi connectivity index (χ2v) is 9.70. The Labute approximate surface area is 205 Å². The maximum absolute atomic E-state index is 13.5. The van der Waals surface area contributed by atoms with Crippen LogP contribution in [0.5, 0.6) is 0 Å². The molecule has 0 radical (unpaired) electrons. The molecular formula is C27H33N7O. The number of unbranched alkanes of at least 4 members (excludes halogenated alkanes) is 1. The normalized spacial score (nSPS) is 19.6. The van der Waals surface area contributed by atoms with Gasteiger partial charge >= 0.3 is 5.69 Å². The molecule has 35 heavy (non-hydrogen) atoms. The van der Waals surface area contributed by atoms with Gasteiger partial charge in [0.15, 0.2) is 0 Å². The van der Waals surface area contributed by atoms with Gasteiger partial charge in [-0.1, -0.05) is 63.9 Å². The predicted octanol–water partition coefficient (Wildman–Crippen LogP) is 4.89. The molecule has 8 heteroatoms. The Morgan fingerprint density at radius 1 is 1.11 bits per heavy atom. The highest BCUT2D eigenvalue weighted by atomic mass is 16.1. The van der Waals surface area contributed by atoms with E-state index in [4.69, 9.17) is 4.98 Å². The van der Waals surface area contributed by atoms with Gasteiger partial charge in [0.05, 0.1) is 12.2 Å². The third-order valence-electron chi connectivity index (χ3n) is 7.41. The number of nitrogens with one attached hydrogen (secondary N) is 1. The number of aromatic nitrogens is 7. The minimum Gasteiger partial charge on any atom is -0.295 e. The fourth-order valence-electron chi connectivity index (χ4n) is 5.46. The largest absolute Gasteiger partial charge is 0.328 e. The monoisotopic (exact) mass is 471 g/mol. The Morgan fingerprint density at radius 2 is 1.94 bits per heavy atom. The van der Waals surface area contributed by atoms with E-state index in [0.717, 1.165) is 53.8 Å². The number of tetrazole rings is 1. The van der Waals surface area contributed by atoms with E-state index in [-0.39, 0.29) is 5.69 Å². The average Bonchev–Trinajstić information content (AvgIpc) is 3.51. The SMILES string of the molecule is CCCCc1cn(C2C(C)CC2CC)c(=O)n1Cc1ccc(-c2ccccc2-c2nn[nH]n2)nc1. The number of aromatic amines is 1. The maximum Gasteiger partial charge on any atom is 0.328 e. The first kappa shape index (κ1) is 23.2. The Kier molecular flexibility index (Phi) is 6.61. The van der Waals surface area contributed by atoms with Crippen LogP contribution in [0.4, 0.5) is 0 Å². The smallest absolute Gasteiger partial charge is 0.295 e. The molecule has 1 fully saturated rings. The number of hydrogen-bond donors (Lipinski definition) is 1. The molecule has 1 saturated carbocycles. The highest BCUT2D eigenvalue weighted by Gasteiger charge is 2.39. The summed E-state index contributed by atoms with van der Waals surface area (Å²) < 4.78 is 3.98. The molecule has 0 bridgehead atoms. The van der Waals surface area contributed by atoms with Crippen molar-refractivity contribution in [2.24, 2.45) is 11.8 Å². The van der Waals surface area contributed by atoms with E-state index in [0.29, 0.717) is 30.2 Å². The fraction of sp³-hybridized carbons (Fsp3) is 0.444. The molecule has 1 N–H and O–H groups in total. The summed E-state index contributed by atoms with van der Waals surface area (Å²) in [6.07, 6.45) is 9.42. The molecular weight excluding hydrogens is 438 g/mol. The summed E-state index contributed by atoms with van der Waals surface area (Å²) in [7, 11) is 0. The van der Waals surface area contributed by atoms with Gasteiger partial charge in [0.1, 0.15) is 0 Å². The molecule has 0 spiro atoms. The summed E-state index contributed by atoms with van der Waals surface area (Å²) in [5.41, 5.74) is 4.89. The number of aryl methyl sites for hydroxylation is 1. The Bertz CT molecular complexity index is 1320. The van der Waals surface area contributed by atoms with Gasteiger partial charge in [0.25, 0.3) is 0 Å². The van der Waals surface area contributed by atoms with Crippen LogP contribution in [-0.2, 0) is 13.0 Å². The predicted molar refractivity (Wildman–Crippen MR) is 136 cm³/mol. The Morgan fingerprint density at radius 3 is 2.60 bits per heavy atom. The Hall–Kier alpha value is -3.55. The van der Waals surface area contributed by atoms with Gasteiger partial charge in [0.2, 0.25) is 5.82 Å². The zero-order chi connectivity index (χ0) is 24.4. The minimum absolute atomic E-state index is 0.109. The quantitative estimate of drug-likeness (QED) is 0.375. The van der Waals surface area contributed by atoms with Crippen LogP contribution < -0.4 is 5.69 Å². The fourth-order valence-corrected chi connectivity index (χ4v) is 5.46. The molecule has 5 rings (SSSR count). The van der Waals surface area contributed by atoms with Crippen LogP contribution >= 0.6 is 0 Å². The van der Waals surface area contributed by atoms with Gasteiger partial charge in [-0.05, 0) is 47.9 Å². The lowest BCUT2D eigenvalue weighted by Gasteiger charge is -2.43. The molecule has 1 aliphatic rings. The van der Waals surface area contributed by atoms with Crippen LogP contribution in [0.15, 0.2) is 53.6 Å². The average molecular weight is 472 g/mol. The standard InChI is InChI=1S/C27H33N7O/c1-4-6-9-21-17-34(25-18(3)14-20(25)5-2)27(35)33(21)16-19-12-13-24(28-15-19)22-10-7-8-11-23(22)26-29-31-32-30-26/h7-8,10-13,15,17-18,20,25H,4-6,9,14,16H2,1-3H3,(H,29,30,31,32). The summed E-state index contributed by atoms with van der Waals surface area (Å²) in [5.74, 6) is 1.68. The molecule has 1 aromatic carbocycles. The molecule has 0 amide bonds. The number of pyridine rings is 1. The maximum atomic E-state index is 13.5. The van der Waals surface area contributed by atoms with E-state index < -0.39 is 0 Å². The second-order valence-electron chi connectivity index (χ2n) is 9.70. The molecule has 0 saturated heterocycles. The van der Waals surface area contributed by atoms with E-state index in [1.807, 2.05) is 45.7 Å². The summed E-state index contributed by atoms with van der Waals surface area (Å²) in [6.45, 7) is 7.22. The van der Waals surface area contributed by atoms with Crippen molar-refractivity contribution in [3.05, 3.63) is 70.5 Å². The van der Waals surface area contributed by atoms with Crippen LogP contribution in [0.2, 0.25) is 0 Å². The van der Waals surface area contributed by atoms with Crippen molar-refractivity contribution < 1.29 is 0 Å². The van der Waals surface area contributed by atoms with E-state index in [1.165, 1.54) is 6.42 Å². The molecule has 0 aliphatic heterocycles. The van der Waals surface area contributed by atoms with Gasteiger partial charge < -0.3 is 0 Å². The summed E-state index contributed by atoms with van der Waals surface area (Å²) in [6, 6.07) is 12.3. The van der Waals surface area contributed by atoms with Crippen molar-refractivity contribution in [3.8, 4) is 22.6 Å². The molecule has 182 valence electrons. The van der Waals surface area contributed by atoms with Crippen molar-refractivity contribution in [2.75, 3.05) is 0 Å². The van der Waals surface area contributed by atoms with E-state index >= 15 is 0 Å². The molecule has 1 aliphatic carbocycles. The van der Waals surface area contributed by atoms with Crippen molar-refractivity contribution in [1.29, 1.82) is 0 Å². The van der Waals surface area contributed by atoms with E-state index in [2.05, 4.69) is 53.7 Å². The first-order valence-electron chi connectivity index (χ1n) is 12.7. The molecule has 3 aromatic heterocycles. The van der Waals surface area contributed by atoms with Gasteiger partial charge in [-0.25, -0.2) is 4.79 Å². The lowest BCUT2D eigenvalue weighted by Crippen LogP contribution is -2.41. The summed E-state index contributed by atoms with van der Waals surface area (Å²) >= 11 is 0. The lowest BCUT2D eigenvalue weighted by atomic mass is 9.69. The number of rotatable bonds is 9. The third kappa shape index (κ3) is 4.45. The molecule has 3 unspecified atom stereocenters. The van der Waals surface area contributed by atoms with E-state index in [9.17, 15) is 4.79 Å². The van der Waals surface area contributed by atoms with E-state index in [1.54, 1.807) is 0 Å². The molecule has 3 heterocycles. The number of imidazole rings is 1. The number of H-pyrrole nitrogens is 1. The van der Waals surface area contributed by atoms with Gasteiger partial charge in [-0.15, -0.1) is 10.2 Å². The minimum atomic E-state index is 0.109. The van der Waals surface area contributed by atoms with Gasteiger partial charge in [0, 0.05) is 35.3 Å². The van der Waals surface area contributed by atoms with Gasteiger partial charge in [-0.3, -0.25) is 14.1 Å². The Balaban J connectivity index is 1.44. The zero-order valence-electron chi connectivity index (χ0n) is 20.7. The molecule has 8 nitrogen and oxygen atoms in total. The van der Waals surface area contributed by atoms with Crippen molar-refractivity contribution in [3.63, 3.8) is 0 Å². The van der Waals surface area contributed by atoms with Crippen LogP contribution in [0.3, 0.4) is 0 Å². The second kappa shape index (κ2) is 9.98. The highest BCUT2D eigenvalue weighted by molar-refractivity contribution is 5.78. The molecule has 3 atom stereocenters. The summed E-state index contributed by atoms with van der Waals surface area (Å²) in [4.78, 5) is 18.3. The van der Waals surface area contributed by atoms with Crippen LogP contribution in [-0.4, -0.2) is 34.7 Å². The van der Waals surface area contributed by atoms with Gasteiger partial charge in [-0.2, -0.15) is 5.21 Å². The van der Waals surface area contributed by atoms with Crippen molar-refractivity contribution in [1.82, 2.24) is 34.7 Å².